The molecule has 0 unspecified atom stereocenters. The van der Waals surface area contributed by atoms with Crippen molar-refractivity contribution < 1.29 is 0 Å². The molecule has 1 aliphatic heterocycles. The van der Waals surface area contributed by atoms with Crippen LogP contribution in [-0.4, -0.2) is 0 Å². The number of nitrogens with zero attached hydrogens (tertiary/aromatic N) is 1. The van der Waals surface area contributed by atoms with Crippen LogP contribution in [-0.2, 0) is 0 Å². The van der Waals surface area contributed by atoms with Crippen molar-refractivity contribution in [3.8, 4) is 0 Å². The Kier molecular flexibility index (Phi) is 2.68. The van der Waals surface area contributed by atoms with E-state index >= 15 is 0 Å². The van der Waals surface area contributed by atoms with Crippen LogP contribution in [0.2, 0.25) is 0 Å². The lowest BCUT2D eigenvalue weighted by atomic mass is 9.75. The summed E-state index contributed by atoms with van der Waals surface area (Å²) in [5.41, 5.74) is 0.428. The van der Waals surface area contributed by atoms with E-state index in [0.717, 1.165) is 0 Å². The summed E-state index contributed by atoms with van der Waals surface area (Å²) in [5.74, 6) is 0. The molecule has 0 aromatic heterocycles. The van der Waals surface area contributed by atoms with E-state index in [9.17, 15) is 0 Å². The van der Waals surface area contributed by atoms with Crippen LogP contribution in [0.25, 0.3) is 0 Å². The average Bonchev–Trinajstić information content (AvgIpc) is 2.20. The molecule has 0 aromatic rings. The third-order valence-corrected chi connectivity index (χ3v) is 4.20. The molecule has 0 bridgehead atoms. The maximum atomic E-state index is 4.22. The zero-order chi connectivity index (χ0) is 9.15. The van der Waals surface area contributed by atoms with Gasteiger partial charge < -0.3 is 0 Å². The molecule has 13 heavy (non-hydrogen) atoms. The summed E-state index contributed by atoms with van der Waals surface area (Å²) in [7, 11) is 0. The van der Waals surface area contributed by atoms with Gasteiger partial charge in [-0.05, 0) is 18.2 Å². The SMILES string of the molecule is CC1(C2=C[N]C=CS2)CCCCC1. The van der Waals surface area contributed by atoms with Gasteiger partial charge in [0, 0.05) is 22.7 Å². The fourth-order valence-corrected chi connectivity index (χ4v) is 3.04. The Labute approximate surface area is 84.7 Å². The van der Waals surface area contributed by atoms with Crippen molar-refractivity contribution >= 4 is 11.8 Å². The van der Waals surface area contributed by atoms with Crippen LogP contribution in [0, 0.1) is 5.41 Å². The fraction of sp³-hybridized carbons (Fsp3) is 0.636. The van der Waals surface area contributed by atoms with Gasteiger partial charge in [-0.3, -0.25) is 5.32 Å². The predicted octanol–water partition coefficient (Wildman–Crippen LogP) is 3.62. The number of rotatable bonds is 1. The Bertz CT molecular complexity index is 236. The molecular weight excluding hydrogens is 178 g/mol. The van der Waals surface area contributed by atoms with Crippen molar-refractivity contribution in [2.45, 2.75) is 39.0 Å². The molecule has 1 fully saturated rings. The molecule has 0 aromatic carbocycles. The first kappa shape index (κ1) is 9.20. The largest absolute Gasteiger partial charge is 0.263 e. The van der Waals surface area contributed by atoms with Gasteiger partial charge >= 0.3 is 0 Å². The highest BCUT2D eigenvalue weighted by atomic mass is 32.2. The molecular formula is C11H16NS. The Morgan fingerprint density at radius 1 is 1.31 bits per heavy atom. The molecule has 1 radical (unpaired) electrons. The molecule has 2 aliphatic rings. The van der Waals surface area contributed by atoms with Gasteiger partial charge in [0.15, 0.2) is 0 Å². The van der Waals surface area contributed by atoms with Crippen molar-refractivity contribution in [1.82, 2.24) is 5.32 Å². The van der Waals surface area contributed by atoms with Crippen LogP contribution in [0.1, 0.15) is 39.0 Å². The van der Waals surface area contributed by atoms with Crippen LogP contribution in [0.3, 0.4) is 0 Å². The first-order chi connectivity index (χ1) is 6.31. The van der Waals surface area contributed by atoms with Crippen molar-refractivity contribution in [2.75, 3.05) is 0 Å². The quantitative estimate of drug-likeness (QED) is 0.622. The second-order valence-corrected chi connectivity index (χ2v) is 5.11. The van der Waals surface area contributed by atoms with E-state index in [1.54, 1.807) is 0 Å². The molecule has 71 valence electrons. The van der Waals surface area contributed by atoms with E-state index in [4.69, 9.17) is 0 Å². The number of thioether (sulfide) groups is 1. The van der Waals surface area contributed by atoms with E-state index < -0.39 is 0 Å². The zero-order valence-electron chi connectivity index (χ0n) is 8.12. The van der Waals surface area contributed by atoms with Gasteiger partial charge in [0.1, 0.15) is 0 Å². The molecule has 0 N–H and O–H groups in total. The molecule has 0 saturated heterocycles. The Morgan fingerprint density at radius 3 is 2.69 bits per heavy atom. The van der Waals surface area contributed by atoms with Gasteiger partial charge in [-0.15, -0.1) is 0 Å². The Balaban J connectivity index is 2.08. The number of allylic oxidation sites excluding steroid dienone is 1. The third-order valence-electron chi connectivity index (χ3n) is 3.09. The highest BCUT2D eigenvalue weighted by molar-refractivity contribution is 8.05. The Hall–Kier alpha value is -0.370. The average molecular weight is 194 g/mol. The van der Waals surface area contributed by atoms with Crippen LogP contribution in [0.15, 0.2) is 22.7 Å². The van der Waals surface area contributed by atoms with Gasteiger partial charge in [-0.25, -0.2) is 0 Å². The summed E-state index contributed by atoms with van der Waals surface area (Å²) in [6.07, 6.45) is 10.8. The zero-order valence-corrected chi connectivity index (χ0v) is 8.94. The molecule has 1 nitrogen and oxygen atoms in total. The summed E-state index contributed by atoms with van der Waals surface area (Å²) in [5, 5.41) is 6.31. The molecule has 1 aliphatic carbocycles. The molecule has 2 rings (SSSR count). The normalized spacial score (nSPS) is 26.4. The lowest BCUT2D eigenvalue weighted by Crippen LogP contribution is -2.22. The van der Waals surface area contributed by atoms with Crippen LogP contribution < -0.4 is 5.32 Å². The molecule has 1 saturated carbocycles. The van der Waals surface area contributed by atoms with E-state index in [1.165, 1.54) is 37.0 Å². The number of hydrogen-bond acceptors (Lipinski definition) is 1. The summed E-state index contributed by atoms with van der Waals surface area (Å²) in [6, 6.07) is 0. The van der Waals surface area contributed by atoms with E-state index in [2.05, 4.69) is 23.8 Å². The van der Waals surface area contributed by atoms with Crippen LogP contribution >= 0.6 is 11.8 Å². The van der Waals surface area contributed by atoms with E-state index in [-0.39, 0.29) is 0 Å². The summed E-state index contributed by atoms with van der Waals surface area (Å²) in [6.45, 7) is 2.39. The lowest BCUT2D eigenvalue weighted by Gasteiger charge is -2.35. The van der Waals surface area contributed by atoms with E-state index in [1.807, 2.05) is 18.0 Å². The van der Waals surface area contributed by atoms with Crippen LogP contribution in [0.5, 0.6) is 0 Å². The maximum Gasteiger partial charge on any atom is 0.0372 e. The summed E-state index contributed by atoms with van der Waals surface area (Å²) < 4.78 is 0. The highest BCUT2D eigenvalue weighted by Crippen LogP contribution is 2.47. The highest BCUT2D eigenvalue weighted by Gasteiger charge is 2.31. The second kappa shape index (κ2) is 3.79. The molecule has 0 amide bonds. The lowest BCUT2D eigenvalue weighted by molar-refractivity contribution is 0.279. The van der Waals surface area contributed by atoms with Crippen molar-refractivity contribution in [2.24, 2.45) is 5.41 Å². The standard InChI is InChI=1S/C11H16NS/c1-11(5-3-2-4-6-11)10-9-12-7-8-13-10/h7-9H,2-6H2,1H3. The topological polar surface area (TPSA) is 14.1 Å². The van der Waals surface area contributed by atoms with Gasteiger partial charge in [-0.1, -0.05) is 37.9 Å². The predicted molar refractivity (Wildman–Crippen MR) is 58.1 cm³/mol. The van der Waals surface area contributed by atoms with Crippen molar-refractivity contribution in [3.05, 3.63) is 22.7 Å². The van der Waals surface area contributed by atoms with Gasteiger partial charge in [0.2, 0.25) is 0 Å². The minimum absolute atomic E-state index is 0.428. The number of hydrogen-bond donors (Lipinski definition) is 0. The first-order valence-electron chi connectivity index (χ1n) is 5.04. The first-order valence-corrected chi connectivity index (χ1v) is 5.91. The molecule has 0 atom stereocenters. The van der Waals surface area contributed by atoms with Gasteiger partial charge in [0.25, 0.3) is 0 Å². The fourth-order valence-electron chi connectivity index (χ4n) is 2.16. The molecule has 2 heteroatoms. The summed E-state index contributed by atoms with van der Waals surface area (Å²) in [4.78, 5) is 1.47. The minimum atomic E-state index is 0.428. The van der Waals surface area contributed by atoms with Crippen molar-refractivity contribution in [1.29, 1.82) is 0 Å². The van der Waals surface area contributed by atoms with Gasteiger partial charge in [0.05, 0.1) is 0 Å². The Morgan fingerprint density at radius 2 is 2.08 bits per heavy atom. The van der Waals surface area contributed by atoms with Crippen LogP contribution in [0.4, 0.5) is 0 Å². The monoisotopic (exact) mass is 194 g/mol. The third kappa shape index (κ3) is 1.93. The van der Waals surface area contributed by atoms with Gasteiger partial charge in [-0.2, -0.15) is 0 Å². The molecule has 1 heterocycles. The summed E-state index contributed by atoms with van der Waals surface area (Å²) >= 11 is 1.86. The minimum Gasteiger partial charge on any atom is -0.263 e. The van der Waals surface area contributed by atoms with Crippen molar-refractivity contribution in [3.63, 3.8) is 0 Å². The maximum absolute atomic E-state index is 4.22. The van der Waals surface area contributed by atoms with E-state index in [0.29, 0.717) is 5.41 Å². The smallest absolute Gasteiger partial charge is 0.0372 e. The molecule has 0 spiro atoms. The second-order valence-electron chi connectivity index (χ2n) is 4.17.